The smallest absolute Gasteiger partial charge is 0.337 e. The molecule has 0 aliphatic rings. The zero-order chi connectivity index (χ0) is 19.6. The molecule has 0 saturated carbocycles. The number of hydrogen-bond donors (Lipinski definition) is 2. The number of benzene rings is 2. The SMILES string of the molecule is COC(=O)c1ccc(Cl)c(NC(=O)Cc2c(C)[nH]c3ccc(OC)cc23)c1. The predicted octanol–water partition coefficient (Wildman–Crippen LogP) is 4.11. The monoisotopic (exact) mass is 386 g/mol. The normalized spacial score (nSPS) is 10.7. The number of hydrogen-bond acceptors (Lipinski definition) is 4. The molecule has 0 spiro atoms. The van der Waals surface area contributed by atoms with Crippen LogP contribution in [0, 0.1) is 6.92 Å². The number of ether oxygens (including phenoxy) is 2. The van der Waals surface area contributed by atoms with Gasteiger partial charge in [-0.2, -0.15) is 0 Å². The number of methoxy groups -OCH3 is 2. The average molecular weight is 387 g/mol. The molecule has 0 bridgehead atoms. The molecule has 3 aromatic rings. The highest BCUT2D eigenvalue weighted by molar-refractivity contribution is 6.33. The number of nitrogens with one attached hydrogen (secondary N) is 2. The summed E-state index contributed by atoms with van der Waals surface area (Å²) in [6.07, 6.45) is 0.151. The first-order valence-electron chi connectivity index (χ1n) is 8.26. The molecule has 3 rings (SSSR count). The van der Waals surface area contributed by atoms with E-state index in [4.69, 9.17) is 21.1 Å². The number of amides is 1. The number of H-pyrrole nitrogens is 1. The molecule has 0 saturated heterocycles. The fraction of sp³-hybridized carbons (Fsp3) is 0.200. The molecule has 6 nitrogen and oxygen atoms in total. The van der Waals surface area contributed by atoms with E-state index in [1.54, 1.807) is 19.2 Å². The van der Waals surface area contributed by atoms with Gasteiger partial charge in [0.15, 0.2) is 0 Å². The Balaban J connectivity index is 1.85. The van der Waals surface area contributed by atoms with Crippen LogP contribution in [-0.2, 0) is 16.0 Å². The molecule has 0 unspecified atom stereocenters. The summed E-state index contributed by atoms with van der Waals surface area (Å²) in [5.41, 5.74) is 3.39. The van der Waals surface area contributed by atoms with Gasteiger partial charge in [0.05, 0.1) is 36.9 Å². The van der Waals surface area contributed by atoms with Crippen molar-refractivity contribution in [2.75, 3.05) is 19.5 Å². The standard InChI is InChI=1S/C20H19ClN2O4/c1-11-14(15-9-13(26-2)5-7-17(15)22-11)10-19(24)23-18-8-12(20(25)27-3)4-6-16(18)21/h4-9,22H,10H2,1-3H3,(H,23,24). The zero-order valence-corrected chi connectivity index (χ0v) is 15.9. The van der Waals surface area contributed by atoms with Gasteiger partial charge < -0.3 is 19.8 Å². The minimum atomic E-state index is -0.498. The summed E-state index contributed by atoms with van der Waals surface area (Å²) in [6, 6.07) is 10.3. The average Bonchev–Trinajstić information content (AvgIpc) is 2.97. The molecule has 1 heterocycles. The molecule has 1 aromatic heterocycles. The lowest BCUT2D eigenvalue weighted by atomic mass is 10.1. The van der Waals surface area contributed by atoms with E-state index in [9.17, 15) is 9.59 Å². The lowest BCUT2D eigenvalue weighted by molar-refractivity contribution is -0.115. The maximum absolute atomic E-state index is 12.6. The molecule has 0 aliphatic heterocycles. The lowest BCUT2D eigenvalue weighted by Gasteiger charge is -2.09. The topological polar surface area (TPSA) is 80.4 Å². The van der Waals surface area contributed by atoms with Crippen molar-refractivity contribution in [1.82, 2.24) is 4.98 Å². The molecular formula is C20H19ClN2O4. The second kappa shape index (κ2) is 7.72. The van der Waals surface area contributed by atoms with E-state index in [1.807, 2.05) is 25.1 Å². The lowest BCUT2D eigenvalue weighted by Crippen LogP contribution is -2.15. The summed E-state index contributed by atoms with van der Waals surface area (Å²) in [7, 11) is 2.90. The summed E-state index contributed by atoms with van der Waals surface area (Å²) in [6.45, 7) is 1.92. The Hall–Kier alpha value is -2.99. The third kappa shape index (κ3) is 3.90. The zero-order valence-electron chi connectivity index (χ0n) is 15.2. The van der Waals surface area contributed by atoms with Crippen molar-refractivity contribution < 1.29 is 19.1 Å². The summed E-state index contributed by atoms with van der Waals surface area (Å²) < 4.78 is 9.97. The quantitative estimate of drug-likeness (QED) is 0.647. The van der Waals surface area contributed by atoms with E-state index in [0.717, 1.165) is 27.9 Å². The molecule has 0 fully saturated rings. The predicted molar refractivity (Wildman–Crippen MR) is 105 cm³/mol. The number of carbonyl (C=O) groups excluding carboxylic acids is 2. The molecular weight excluding hydrogens is 368 g/mol. The van der Waals surface area contributed by atoms with E-state index in [0.29, 0.717) is 16.3 Å². The number of aromatic nitrogens is 1. The molecule has 0 atom stereocenters. The van der Waals surface area contributed by atoms with Crippen molar-refractivity contribution in [3.63, 3.8) is 0 Å². The van der Waals surface area contributed by atoms with E-state index in [1.165, 1.54) is 13.2 Å². The van der Waals surface area contributed by atoms with Gasteiger partial charge in [0.25, 0.3) is 0 Å². The number of anilines is 1. The van der Waals surface area contributed by atoms with Crippen molar-refractivity contribution in [3.05, 3.63) is 58.2 Å². The Morgan fingerprint density at radius 2 is 1.93 bits per heavy atom. The van der Waals surface area contributed by atoms with Gasteiger partial charge in [-0.1, -0.05) is 11.6 Å². The van der Waals surface area contributed by atoms with Crippen molar-refractivity contribution in [1.29, 1.82) is 0 Å². The maximum Gasteiger partial charge on any atom is 0.337 e. The van der Waals surface area contributed by atoms with Crippen LogP contribution in [0.2, 0.25) is 5.02 Å². The summed E-state index contributed by atoms with van der Waals surface area (Å²) in [4.78, 5) is 27.5. The van der Waals surface area contributed by atoms with E-state index < -0.39 is 5.97 Å². The van der Waals surface area contributed by atoms with E-state index in [-0.39, 0.29) is 12.3 Å². The number of fused-ring (bicyclic) bond motifs is 1. The van der Waals surface area contributed by atoms with Crippen LogP contribution in [-0.4, -0.2) is 31.1 Å². The summed E-state index contributed by atoms with van der Waals surface area (Å²) in [5, 5.41) is 4.03. The minimum Gasteiger partial charge on any atom is -0.497 e. The highest BCUT2D eigenvalue weighted by atomic mass is 35.5. The van der Waals surface area contributed by atoms with Gasteiger partial charge in [-0.25, -0.2) is 4.79 Å². The van der Waals surface area contributed by atoms with Crippen molar-refractivity contribution >= 4 is 40.1 Å². The Morgan fingerprint density at radius 3 is 2.63 bits per heavy atom. The van der Waals surface area contributed by atoms with Gasteiger partial charge in [0, 0.05) is 16.6 Å². The third-order valence-electron chi connectivity index (χ3n) is 4.33. The first kappa shape index (κ1) is 18.8. The Bertz CT molecular complexity index is 1030. The first-order valence-corrected chi connectivity index (χ1v) is 8.63. The van der Waals surface area contributed by atoms with Crippen LogP contribution in [0.1, 0.15) is 21.6 Å². The summed E-state index contributed by atoms with van der Waals surface area (Å²) in [5.74, 6) is -0.0237. The second-order valence-electron chi connectivity index (χ2n) is 6.05. The number of halogens is 1. The molecule has 2 aromatic carbocycles. The van der Waals surface area contributed by atoms with Crippen LogP contribution >= 0.6 is 11.6 Å². The van der Waals surface area contributed by atoms with Gasteiger partial charge >= 0.3 is 5.97 Å². The fourth-order valence-corrected chi connectivity index (χ4v) is 3.10. The molecule has 1 amide bonds. The fourth-order valence-electron chi connectivity index (χ4n) is 2.94. The number of rotatable bonds is 5. The third-order valence-corrected chi connectivity index (χ3v) is 4.66. The van der Waals surface area contributed by atoms with Crippen LogP contribution in [0.5, 0.6) is 5.75 Å². The molecule has 27 heavy (non-hydrogen) atoms. The number of aryl methyl sites for hydroxylation is 1. The minimum absolute atomic E-state index is 0.151. The van der Waals surface area contributed by atoms with Gasteiger partial charge in [0.1, 0.15) is 5.75 Å². The van der Waals surface area contributed by atoms with Crippen molar-refractivity contribution in [3.8, 4) is 5.75 Å². The van der Waals surface area contributed by atoms with Gasteiger partial charge in [-0.3, -0.25) is 4.79 Å². The molecule has 0 aliphatic carbocycles. The second-order valence-corrected chi connectivity index (χ2v) is 6.46. The number of aromatic amines is 1. The highest BCUT2D eigenvalue weighted by Crippen LogP contribution is 2.28. The summed E-state index contributed by atoms with van der Waals surface area (Å²) >= 11 is 6.15. The largest absolute Gasteiger partial charge is 0.497 e. The Labute approximate surface area is 161 Å². The van der Waals surface area contributed by atoms with Crippen LogP contribution in [0.25, 0.3) is 10.9 Å². The van der Waals surface area contributed by atoms with Crippen LogP contribution in [0.3, 0.4) is 0 Å². The molecule has 2 N–H and O–H groups in total. The van der Waals surface area contributed by atoms with E-state index in [2.05, 4.69) is 10.3 Å². The van der Waals surface area contributed by atoms with Gasteiger partial charge in [0.2, 0.25) is 5.91 Å². The maximum atomic E-state index is 12.6. The Kier molecular flexibility index (Phi) is 5.37. The molecule has 7 heteroatoms. The number of carbonyl (C=O) groups is 2. The van der Waals surface area contributed by atoms with Crippen molar-refractivity contribution in [2.24, 2.45) is 0 Å². The Morgan fingerprint density at radius 1 is 1.15 bits per heavy atom. The van der Waals surface area contributed by atoms with E-state index >= 15 is 0 Å². The van der Waals surface area contributed by atoms with Crippen molar-refractivity contribution in [2.45, 2.75) is 13.3 Å². The van der Waals surface area contributed by atoms with Crippen LogP contribution in [0.15, 0.2) is 36.4 Å². The van der Waals surface area contributed by atoms with Gasteiger partial charge in [-0.15, -0.1) is 0 Å². The molecule has 140 valence electrons. The first-order chi connectivity index (χ1) is 12.9. The number of esters is 1. The van der Waals surface area contributed by atoms with Crippen LogP contribution < -0.4 is 10.1 Å². The van der Waals surface area contributed by atoms with Gasteiger partial charge in [-0.05, 0) is 48.9 Å². The highest BCUT2D eigenvalue weighted by Gasteiger charge is 2.15. The van der Waals surface area contributed by atoms with Crippen LogP contribution in [0.4, 0.5) is 5.69 Å². The molecule has 0 radical (unpaired) electrons.